The van der Waals surface area contributed by atoms with Gasteiger partial charge in [0.25, 0.3) is 0 Å². The molecule has 17 nitrogen and oxygen atoms in total. The highest BCUT2D eigenvalue weighted by Gasteiger charge is 2.30. The average molecular weight is 1470 g/mol. The van der Waals surface area contributed by atoms with E-state index in [1.165, 1.54) is 238 Å². The van der Waals surface area contributed by atoms with Crippen LogP contribution in [0.15, 0.2) is 0 Å². The molecule has 594 valence electrons. The Labute approximate surface area is 613 Å². The Kier molecular flexibility index (Phi) is 71.2. The van der Waals surface area contributed by atoms with Crippen LogP contribution in [-0.4, -0.2) is 96.7 Å². The Bertz CT molecular complexity index is 1920. The van der Waals surface area contributed by atoms with Crippen LogP contribution in [0.5, 0.6) is 0 Å². The predicted octanol–water partition coefficient (Wildman–Crippen LogP) is 24.3. The van der Waals surface area contributed by atoms with Gasteiger partial charge >= 0.3 is 39.5 Å². The topological polar surface area (TPSA) is 237 Å². The highest BCUT2D eigenvalue weighted by molar-refractivity contribution is 7.47. The lowest BCUT2D eigenvalue weighted by Gasteiger charge is -2.21. The number of esters is 4. The number of phosphoric acid groups is 2. The van der Waals surface area contributed by atoms with Gasteiger partial charge < -0.3 is 33.8 Å². The van der Waals surface area contributed by atoms with Crippen LogP contribution in [0.1, 0.15) is 427 Å². The van der Waals surface area contributed by atoms with E-state index in [2.05, 4.69) is 41.5 Å². The highest BCUT2D eigenvalue weighted by Crippen LogP contribution is 2.45. The van der Waals surface area contributed by atoms with Crippen molar-refractivity contribution < 1.29 is 80.2 Å². The van der Waals surface area contributed by atoms with E-state index in [9.17, 15) is 43.2 Å². The molecule has 0 amide bonds. The lowest BCUT2D eigenvalue weighted by molar-refractivity contribution is -0.161. The molecular weight excluding hydrogens is 1310 g/mol. The summed E-state index contributed by atoms with van der Waals surface area (Å²) in [6.45, 7) is 9.59. The average Bonchev–Trinajstić information content (AvgIpc) is 0.931. The predicted molar refractivity (Wildman–Crippen MR) is 409 cm³/mol. The summed E-state index contributed by atoms with van der Waals surface area (Å²) in [6.07, 6.45) is 62.9. The standard InChI is InChI=1S/C81H158O17P2/c1-7-9-11-13-14-15-16-17-18-19-20-21-22-25-32-37-42-47-53-60-66-81(86)98-77(70-92-79(84)64-58-52-46-41-36-31-26-23-24-29-34-39-44-50-55-61-73(3)4)72-96-100(89,90)94-68-75(82)67-93-99(87,88)95-71-76(69-91-78(83)63-57-49-12-10-8-2)97-80(85)65-59-54-48-43-38-33-28-27-30-35-40-45-51-56-62-74(5)6/h73-77,82H,7-72H2,1-6H3,(H,87,88)(H,89,90)/t75-,76+,77+/m0/s1. The fourth-order valence-electron chi connectivity index (χ4n) is 12.5. The summed E-state index contributed by atoms with van der Waals surface area (Å²) in [5.74, 6) is -0.518. The molecule has 5 atom stereocenters. The van der Waals surface area contributed by atoms with Crippen LogP contribution in [0.4, 0.5) is 0 Å². The normalized spacial score (nSPS) is 13.9. The molecule has 0 aliphatic heterocycles. The molecule has 0 bridgehead atoms. The smallest absolute Gasteiger partial charge is 0.462 e. The third-order valence-corrected chi connectivity index (χ3v) is 20.9. The Morgan fingerprint density at radius 1 is 0.270 bits per heavy atom. The molecule has 19 heteroatoms. The number of aliphatic hydroxyl groups excluding tert-OH is 1. The number of rotatable bonds is 80. The van der Waals surface area contributed by atoms with Crippen molar-refractivity contribution in [2.24, 2.45) is 11.8 Å². The fraction of sp³-hybridized carbons (Fsp3) is 0.951. The number of unbranched alkanes of at least 4 members (excludes halogenated alkanes) is 50. The van der Waals surface area contributed by atoms with Gasteiger partial charge in [0, 0.05) is 25.7 Å². The van der Waals surface area contributed by atoms with Gasteiger partial charge in [0.15, 0.2) is 12.2 Å². The van der Waals surface area contributed by atoms with Crippen LogP contribution in [0, 0.1) is 11.8 Å². The van der Waals surface area contributed by atoms with Crippen LogP contribution in [0.2, 0.25) is 0 Å². The number of ether oxygens (including phenoxy) is 4. The van der Waals surface area contributed by atoms with E-state index in [1.807, 2.05) is 0 Å². The lowest BCUT2D eigenvalue weighted by Crippen LogP contribution is -2.30. The molecule has 0 saturated carbocycles. The largest absolute Gasteiger partial charge is 0.472 e. The summed E-state index contributed by atoms with van der Waals surface area (Å²) >= 11 is 0. The number of carbonyl (C=O) groups excluding carboxylic acids is 4. The minimum Gasteiger partial charge on any atom is -0.462 e. The van der Waals surface area contributed by atoms with Gasteiger partial charge in [0.1, 0.15) is 19.3 Å². The maximum Gasteiger partial charge on any atom is 0.472 e. The Morgan fingerprint density at radius 2 is 0.460 bits per heavy atom. The van der Waals surface area contributed by atoms with Gasteiger partial charge in [-0.05, 0) is 37.5 Å². The van der Waals surface area contributed by atoms with Crippen LogP contribution in [0.3, 0.4) is 0 Å². The zero-order chi connectivity index (χ0) is 73.5. The highest BCUT2D eigenvalue weighted by atomic mass is 31.2. The minimum absolute atomic E-state index is 0.107. The summed E-state index contributed by atoms with van der Waals surface area (Å²) in [4.78, 5) is 72.7. The first kappa shape index (κ1) is 98.1. The third kappa shape index (κ3) is 74.3. The molecule has 0 aromatic heterocycles. The van der Waals surface area contributed by atoms with Crippen molar-refractivity contribution in [1.29, 1.82) is 0 Å². The van der Waals surface area contributed by atoms with Crippen LogP contribution < -0.4 is 0 Å². The van der Waals surface area contributed by atoms with Crippen LogP contribution in [-0.2, 0) is 65.4 Å². The summed E-state index contributed by atoms with van der Waals surface area (Å²) in [5, 5.41) is 10.6. The maximum absolute atomic E-state index is 13.1. The van der Waals surface area contributed by atoms with E-state index in [4.69, 9.17) is 37.0 Å². The van der Waals surface area contributed by atoms with Gasteiger partial charge in [-0.1, -0.05) is 375 Å². The molecule has 0 spiro atoms. The Morgan fingerprint density at radius 3 is 0.680 bits per heavy atom. The summed E-state index contributed by atoms with van der Waals surface area (Å²) < 4.78 is 68.5. The van der Waals surface area contributed by atoms with E-state index in [0.717, 1.165) is 108 Å². The van der Waals surface area contributed by atoms with Crippen LogP contribution >= 0.6 is 15.6 Å². The van der Waals surface area contributed by atoms with Crippen molar-refractivity contribution in [2.75, 3.05) is 39.6 Å². The lowest BCUT2D eigenvalue weighted by atomic mass is 10.0. The number of aliphatic hydroxyl groups is 1. The molecule has 0 aromatic carbocycles. The molecule has 0 aliphatic carbocycles. The molecule has 0 rings (SSSR count). The second-order valence-corrected chi connectivity index (χ2v) is 33.0. The van der Waals surface area contributed by atoms with Gasteiger partial charge in [-0.15, -0.1) is 0 Å². The molecule has 0 aromatic rings. The third-order valence-electron chi connectivity index (χ3n) is 19.0. The van der Waals surface area contributed by atoms with E-state index in [0.29, 0.717) is 25.7 Å². The zero-order valence-electron chi connectivity index (χ0n) is 65.5. The number of hydrogen-bond donors (Lipinski definition) is 3. The second kappa shape index (κ2) is 72.6. The number of hydrogen-bond acceptors (Lipinski definition) is 15. The molecule has 0 radical (unpaired) electrons. The molecular formula is C81H158O17P2. The van der Waals surface area contributed by atoms with Crippen molar-refractivity contribution >= 4 is 39.5 Å². The SMILES string of the molecule is CCCCCCCCCCCCCCCCCCCCCCC(=O)O[C@H](COC(=O)CCCCCCCCCCCCCCCCCC(C)C)COP(=O)(O)OC[C@@H](O)COP(=O)(O)OC[C@@H](COC(=O)CCCCCCC)OC(=O)CCCCCCCCCCCCCCCCC(C)C. The molecule has 100 heavy (non-hydrogen) atoms. The van der Waals surface area contributed by atoms with Crippen molar-refractivity contribution in [3.05, 3.63) is 0 Å². The van der Waals surface area contributed by atoms with E-state index in [1.54, 1.807) is 0 Å². The van der Waals surface area contributed by atoms with Crippen molar-refractivity contribution in [3.63, 3.8) is 0 Å². The molecule has 0 aliphatic rings. The number of phosphoric ester groups is 2. The summed E-state index contributed by atoms with van der Waals surface area (Å²) in [6, 6.07) is 0. The maximum atomic E-state index is 13.1. The first-order chi connectivity index (χ1) is 48.4. The Hall–Kier alpha value is -1.94. The minimum atomic E-state index is -4.96. The summed E-state index contributed by atoms with van der Waals surface area (Å²) in [7, 11) is -9.91. The quantitative estimate of drug-likeness (QED) is 0.0222. The first-order valence-corrected chi connectivity index (χ1v) is 45.0. The molecule has 2 unspecified atom stereocenters. The molecule has 0 heterocycles. The van der Waals surface area contributed by atoms with Crippen molar-refractivity contribution in [1.82, 2.24) is 0 Å². The van der Waals surface area contributed by atoms with Gasteiger partial charge in [-0.25, -0.2) is 9.13 Å². The summed E-state index contributed by atoms with van der Waals surface area (Å²) in [5.41, 5.74) is 0. The molecule has 3 N–H and O–H groups in total. The second-order valence-electron chi connectivity index (χ2n) is 30.1. The fourth-order valence-corrected chi connectivity index (χ4v) is 14.1. The first-order valence-electron chi connectivity index (χ1n) is 42.0. The Balaban J connectivity index is 5.12. The zero-order valence-corrected chi connectivity index (χ0v) is 67.3. The van der Waals surface area contributed by atoms with E-state index < -0.39 is 97.5 Å². The van der Waals surface area contributed by atoms with Crippen molar-refractivity contribution in [2.45, 2.75) is 445 Å². The van der Waals surface area contributed by atoms with Gasteiger partial charge in [0.05, 0.1) is 26.4 Å². The van der Waals surface area contributed by atoms with Gasteiger partial charge in [-0.2, -0.15) is 0 Å². The van der Waals surface area contributed by atoms with E-state index in [-0.39, 0.29) is 25.7 Å². The van der Waals surface area contributed by atoms with Crippen molar-refractivity contribution in [3.8, 4) is 0 Å². The monoisotopic (exact) mass is 1470 g/mol. The molecule has 0 fully saturated rings. The van der Waals surface area contributed by atoms with E-state index >= 15 is 0 Å². The van der Waals surface area contributed by atoms with Gasteiger partial charge in [0.2, 0.25) is 0 Å². The van der Waals surface area contributed by atoms with Crippen LogP contribution in [0.25, 0.3) is 0 Å². The molecule has 0 saturated heterocycles. The number of carbonyl (C=O) groups is 4. The van der Waals surface area contributed by atoms with Gasteiger partial charge in [-0.3, -0.25) is 37.3 Å².